The average molecular weight is 305 g/mol. The molecule has 1 aliphatic carbocycles. The Balaban J connectivity index is 2.30. The van der Waals surface area contributed by atoms with E-state index in [1.807, 2.05) is 0 Å². The summed E-state index contributed by atoms with van der Waals surface area (Å²) < 4.78 is 26.3. The van der Waals surface area contributed by atoms with E-state index in [0.717, 1.165) is 32.1 Å². The number of sulfonamides is 1. The van der Waals surface area contributed by atoms with Crippen LogP contribution in [0.5, 0.6) is 0 Å². The minimum atomic E-state index is -3.60. The zero-order chi connectivity index (χ0) is 14.0. The first-order chi connectivity index (χ1) is 8.93. The fourth-order valence-electron chi connectivity index (χ4n) is 2.39. The van der Waals surface area contributed by atoms with Crippen LogP contribution in [0.15, 0.2) is 22.0 Å². The number of aromatic amines is 1. The Labute approximate surface area is 117 Å². The average Bonchev–Trinajstić information content (AvgIpc) is 2.41. The fraction of sp³-hybridized carbons (Fsp3) is 0.583. The van der Waals surface area contributed by atoms with Gasteiger partial charge in [-0.2, -0.15) is 4.31 Å². The first-order valence-electron chi connectivity index (χ1n) is 6.29. The van der Waals surface area contributed by atoms with Gasteiger partial charge in [-0.25, -0.2) is 8.42 Å². The molecule has 0 unspecified atom stereocenters. The number of rotatable bonds is 3. The Morgan fingerprint density at radius 1 is 1.32 bits per heavy atom. The molecule has 0 aromatic carbocycles. The quantitative estimate of drug-likeness (QED) is 0.928. The molecule has 106 valence electrons. The Morgan fingerprint density at radius 2 is 1.95 bits per heavy atom. The van der Waals surface area contributed by atoms with Crippen molar-refractivity contribution in [3.05, 3.63) is 27.6 Å². The van der Waals surface area contributed by atoms with Crippen molar-refractivity contribution < 1.29 is 8.42 Å². The molecule has 0 bridgehead atoms. The van der Waals surface area contributed by atoms with Gasteiger partial charge >= 0.3 is 0 Å². The van der Waals surface area contributed by atoms with Crippen LogP contribution in [0.2, 0.25) is 5.02 Å². The molecule has 0 aliphatic heterocycles. The van der Waals surface area contributed by atoms with E-state index in [-0.39, 0.29) is 16.0 Å². The minimum Gasteiger partial charge on any atom is -0.326 e. The van der Waals surface area contributed by atoms with Crippen LogP contribution in [0, 0.1) is 0 Å². The topological polar surface area (TPSA) is 70.2 Å². The molecule has 0 amide bonds. The van der Waals surface area contributed by atoms with Crippen molar-refractivity contribution in [3.63, 3.8) is 0 Å². The van der Waals surface area contributed by atoms with E-state index in [1.165, 1.54) is 16.6 Å². The standard InChI is InChI=1S/C12H17ClN2O3S/c1-15(9-5-3-2-4-6-9)19(17,18)10-7-11(13)12(16)14-8-10/h7-9H,2-6H2,1H3,(H,14,16). The third kappa shape index (κ3) is 3.01. The Morgan fingerprint density at radius 3 is 2.53 bits per heavy atom. The molecule has 1 aliphatic rings. The second-order valence-electron chi connectivity index (χ2n) is 4.83. The van der Waals surface area contributed by atoms with Gasteiger partial charge in [-0.1, -0.05) is 30.9 Å². The summed E-state index contributed by atoms with van der Waals surface area (Å²) in [5, 5.41) is -0.113. The second kappa shape index (κ2) is 5.64. The Hall–Kier alpha value is -0.850. The monoisotopic (exact) mass is 304 g/mol. The molecule has 0 spiro atoms. The number of hydrogen-bond acceptors (Lipinski definition) is 3. The number of H-pyrrole nitrogens is 1. The highest BCUT2D eigenvalue weighted by Crippen LogP contribution is 2.26. The lowest BCUT2D eigenvalue weighted by atomic mass is 9.96. The number of aromatic nitrogens is 1. The largest absolute Gasteiger partial charge is 0.326 e. The number of nitrogens with zero attached hydrogens (tertiary/aromatic N) is 1. The molecule has 1 fully saturated rings. The lowest BCUT2D eigenvalue weighted by Gasteiger charge is -2.30. The van der Waals surface area contributed by atoms with Crippen molar-refractivity contribution in [2.75, 3.05) is 7.05 Å². The molecule has 7 heteroatoms. The normalized spacial score (nSPS) is 17.8. The first-order valence-corrected chi connectivity index (χ1v) is 8.11. The van der Waals surface area contributed by atoms with Gasteiger partial charge in [0, 0.05) is 19.3 Å². The maximum atomic E-state index is 12.4. The predicted octanol–water partition coefficient (Wildman–Crippen LogP) is 1.98. The predicted molar refractivity (Wildman–Crippen MR) is 73.9 cm³/mol. The van der Waals surface area contributed by atoms with Gasteiger partial charge < -0.3 is 4.98 Å². The van der Waals surface area contributed by atoms with E-state index in [1.54, 1.807) is 7.05 Å². The lowest BCUT2D eigenvalue weighted by molar-refractivity contribution is 0.286. The second-order valence-corrected chi connectivity index (χ2v) is 7.23. The molecule has 1 N–H and O–H groups in total. The highest BCUT2D eigenvalue weighted by Gasteiger charge is 2.29. The third-order valence-electron chi connectivity index (χ3n) is 3.60. The smallest absolute Gasteiger partial charge is 0.266 e. The van der Waals surface area contributed by atoms with Gasteiger partial charge in [-0.3, -0.25) is 4.79 Å². The molecule has 0 atom stereocenters. The molecule has 19 heavy (non-hydrogen) atoms. The van der Waals surface area contributed by atoms with Gasteiger partial charge in [0.25, 0.3) is 5.56 Å². The van der Waals surface area contributed by atoms with Gasteiger partial charge in [0.1, 0.15) is 5.02 Å². The zero-order valence-corrected chi connectivity index (χ0v) is 12.3. The summed E-state index contributed by atoms with van der Waals surface area (Å²) in [5.74, 6) is 0. The van der Waals surface area contributed by atoms with E-state index < -0.39 is 15.6 Å². The molecular weight excluding hydrogens is 288 g/mol. The van der Waals surface area contributed by atoms with E-state index in [4.69, 9.17) is 11.6 Å². The number of halogens is 1. The highest BCUT2D eigenvalue weighted by atomic mass is 35.5. The van der Waals surface area contributed by atoms with Gasteiger partial charge in [0.15, 0.2) is 0 Å². The van der Waals surface area contributed by atoms with E-state index >= 15 is 0 Å². The van der Waals surface area contributed by atoms with E-state index in [9.17, 15) is 13.2 Å². The van der Waals surface area contributed by atoms with Crippen LogP contribution in [0.4, 0.5) is 0 Å². The van der Waals surface area contributed by atoms with Gasteiger partial charge in [0.2, 0.25) is 10.0 Å². The SMILES string of the molecule is CN(C1CCCCC1)S(=O)(=O)c1c[nH]c(=O)c(Cl)c1. The molecule has 0 radical (unpaired) electrons. The van der Waals surface area contributed by atoms with Gasteiger partial charge in [-0.15, -0.1) is 0 Å². The van der Waals surface area contributed by atoms with E-state index in [2.05, 4.69) is 4.98 Å². The van der Waals surface area contributed by atoms with Crippen molar-refractivity contribution in [2.45, 2.75) is 43.0 Å². The summed E-state index contributed by atoms with van der Waals surface area (Å²) in [4.78, 5) is 13.5. The van der Waals surface area contributed by atoms with E-state index in [0.29, 0.717) is 0 Å². The van der Waals surface area contributed by atoms with Crippen LogP contribution >= 0.6 is 11.6 Å². The molecule has 5 nitrogen and oxygen atoms in total. The summed E-state index contributed by atoms with van der Waals surface area (Å²) >= 11 is 5.68. The van der Waals surface area contributed by atoms with Crippen molar-refractivity contribution in [3.8, 4) is 0 Å². The molecular formula is C12H17ClN2O3S. The molecule has 1 saturated carbocycles. The lowest BCUT2D eigenvalue weighted by Crippen LogP contribution is -2.38. The number of nitrogens with one attached hydrogen (secondary N) is 1. The minimum absolute atomic E-state index is 0.0319. The molecule has 0 saturated heterocycles. The molecule has 2 rings (SSSR count). The van der Waals surface area contributed by atoms with Crippen molar-refractivity contribution >= 4 is 21.6 Å². The van der Waals surface area contributed by atoms with Crippen LogP contribution in [-0.4, -0.2) is 30.8 Å². The van der Waals surface area contributed by atoms with Crippen LogP contribution in [-0.2, 0) is 10.0 Å². The third-order valence-corrected chi connectivity index (χ3v) is 5.77. The maximum absolute atomic E-state index is 12.4. The zero-order valence-electron chi connectivity index (χ0n) is 10.7. The van der Waals surface area contributed by atoms with Gasteiger partial charge in [0.05, 0.1) is 4.90 Å². The molecule has 1 aromatic heterocycles. The van der Waals surface area contributed by atoms with Crippen molar-refractivity contribution in [1.82, 2.24) is 9.29 Å². The highest BCUT2D eigenvalue weighted by molar-refractivity contribution is 7.89. The van der Waals surface area contributed by atoms with Gasteiger partial charge in [-0.05, 0) is 18.9 Å². The number of hydrogen-bond donors (Lipinski definition) is 1. The summed E-state index contributed by atoms with van der Waals surface area (Å²) in [6.45, 7) is 0. The van der Waals surface area contributed by atoms with Crippen molar-refractivity contribution in [1.29, 1.82) is 0 Å². The summed E-state index contributed by atoms with van der Waals surface area (Å²) in [6.07, 6.45) is 6.23. The van der Waals surface area contributed by atoms with Crippen molar-refractivity contribution in [2.24, 2.45) is 0 Å². The Kier molecular flexibility index (Phi) is 4.32. The summed E-state index contributed by atoms with van der Waals surface area (Å²) in [6, 6.07) is 1.24. The maximum Gasteiger partial charge on any atom is 0.266 e. The van der Waals surface area contributed by atoms with Crippen LogP contribution in [0.3, 0.4) is 0 Å². The molecule has 1 aromatic rings. The van der Waals surface area contributed by atoms with Crippen LogP contribution < -0.4 is 5.56 Å². The fourth-order valence-corrected chi connectivity index (χ4v) is 4.04. The van der Waals surface area contributed by atoms with Crippen LogP contribution in [0.25, 0.3) is 0 Å². The van der Waals surface area contributed by atoms with Crippen LogP contribution in [0.1, 0.15) is 32.1 Å². The molecule has 1 heterocycles. The number of pyridine rings is 1. The summed E-state index contributed by atoms with van der Waals surface area (Å²) in [5.41, 5.74) is -0.485. The summed E-state index contributed by atoms with van der Waals surface area (Å²) in [7, 11) is -2.01. The Bertz CT molecular complexity index is 606. The first kappa shape index (κ1) is 14.6.